The monoisotopic (exact) mass is 382 g/mol. The number of hydrogen-bond donors (Lipinski definition) is 2. The van der Waals surface area contributed by atoms with Crippen LogP contribution in [-0.2, 0) is 0 Å². The number of nitrogens with zero attached hydrogens (tertiary/aromatic N) is 5. The zero-order chi connectivity index (χ0) is 19.6. The Morgan fingerprint density at radius 1 is 1.21 bits per heavy atom. The summed E-state index contributed by atoms with van der Waals surface area (Å²) in [6.07, 6.45) is 7.10. The van der Waals surface area contributed by atoms with Crippen molar-refractivity contribution in [2.45, 2.75) is 57.6 Å². The van der Waals surface area contributed by atoms with Crippen molar-refractivity contribution in [3.05, 3.63) is 30.5 Å². The maximum Gasteiger partial charge on any atom is 0.225 e. The number of benzene rings is 1. The van der Waals surface area contributed by atoms with Gasteiger partial charge in [-0.15, -0.1) is 5.10 Å². The molecule has 2 aromatic heterocycles. The Kier molecular flexibility index (Phi) is 5.13. The molecule has 148 valence electrons. The Hall–Kier alpha value is -2.74. The lowest BCUT2D eigenvalue weighted by Gasteiger charge is -2.17. The van der Waals surface area contributed by atoms with E-state index in [4.69, 9.17) is 4.74 Å². The molecule has 0 atom stereocenters. The van der Waals surface area contributed by atoms with E-state index in [0.29, 0.717) is 36.2 Å². The minimum Gasteiger partial charge on any atom is -0.493 e. The summed E-state index contributed by atoms with van der Waals surface area (Å²) >= 11 is 0. The lowest BCUT2D eigenvalue weighted by Crippen LogP contribution is -2.21. The van der Waals surface area contributed by atoms with E-state index in [1.807, 2.05) is 24.3 Å². The molecular weight excluding hydrogens is 356 g/mol. The largest absolute Gasteiger partial charge is 0.493 e. The van der Waals surface area contributed by atoms with Crippen molar-refractivity contribution in [1.29, 1.82) is 0 Å². The van der Waals surface area contributed by atoms with Crippen LogP contribution in [0, 0.1) is 0 Å². The highest BCUT2D eigenvalue weighted by Crippen LogP contribution is 2.22. The molecule has 28 heavy (non-hydrogen) atoms. The van der Waals surface area contributed by atoms with Crippen molar-refractivity contribution in [3.8, 4) is 11.4 Å². The molecule has 1 aliphatic rings. The molecule has 1 aromatic carbocycles. The number of aromatic nitrogens is 5. The van der Waals surface area contributed by atoms with Gasteiger partial charge in [0.1, 0.15) is 5.75 Å². The summed E-state index contributed by atoms with van der Waals surface area (Å²) in [5.41, 5.74) is 1.44. The first-order valence-electron chi connectivity index (χ1n) is 9.79. The fourth-order valence-corrected chi connectivity index (χ4v) is 3.33. The Morgan fingerprint density at radius 3 is 2.68 bits per heavy atom. The van der Waals surface area contributed by atoms with E-state index in [-0.39, 0.29) is 0 Å². The molecule has 0 unspecified atom stereocenters. The number of anilines is 1. The minimum absolute atomic E-state index is 0.446. The fourth-order valence-electron chi connectivity index (χ4n) is 3.33. The second-order valence-corrected chi connectivity index (χ2v) is 7.93. The summed E-state index contributed by atoms with van der Waals surface area (Å²) in [5, 5.41) is 21.6. The predicted octanol–water partition coefficient (Wildman–Crippen LogP) is 3.10. The van der Waals surface area contributed by atoms with E-state index < -0.39 is 5.60 Å². The van der Waals surface area contributed by atoms with Crippen LogP contribution in [0.1, 0.15) is 46.0 Å². The second kappa shape index (κ2) is 7.71. The van der Waals surface area contributed by atoms with Gasteiger partial charge in [-0.2, -0.15) is 9.67 Å². The molecule has 1 aliphatic carbocycles. The fraction of sp³-hybridized carbons (Fsp3) is 0.500. The highest BCUT2D eigenvalue weighted by atomic mass is 16.5. The number of hydrogen-bond acceptors (Lipinski definition) is 7. The molecule has 0 radical (unpaired) electrons. The van der Waals surface area contributed by atoms with E-state index in [1.165, 1.54) is 12.8 Å². The molecule has 0 aliphatic heterocycles. The smallest absolute Gasteiger partial charge is 0.225 e. The van der Waals surface area contributed by atoms with Crippen LogP contribution in [-0.4, -0.2) is 48.3 Å². The van der Waals surface area contributed by atoms with E-state index >= 15 is 0 Å². The maximum atomic E-state index is 9.76. The molecule has 2 N–H and O–H groups in total. The SMILES string of the molecule is CC(C)(O)CCOc1ccc(-n2nnc3cnc(NC4CCCC4)nc32)cc1. The molecular formula is C20H26N6O2. The van der Waals surface area contributed by atoms with Crippen molar-refractivity contribution < 1.29 is 9.84 Å². The summed E-state index contributed by atoms with van der Waals surface area (Å²) < 4.78 is 7.40. The Balaban J connectivity index is 1.50. The summed E-state index contributed by atoms with van der Waals surface area (Å²) in [6.45, 7) is 4.00. The quantitative estimate of drug-likeness (QED) is 0.648. The van der Waals surface area contributed by atoms with Crippen molar-refractivity contribution in [3.63, 3.8) is 0 Å². The van der Waals surface area contributed by atoms with Gasteiger partial charge in [0.2, 0.25) is 5.95 Å². The molecule has 4 rings (SSSR count). The third-order valence-corrected chi connectivity index (χ3v) is 4.94. The number of fused-ring (bicyclic) bond motifs is 1. The molecule has 1 fully saturated rings. The number of aliphatic hydroxyl groups is 1. The van der Waals surface area contributed by atoms with Gasteiger partial charge in [-0.1, -0.05) is 18.1 Å². The van der Waals surface area contributed by atoms with Gasteiger partial charge < -0.3 is 15.2 Å². The van der Waals surface area contributed by atoms with Crippen molar-refractivity contribution in [2.75, 3.05) is 11.9 Å². The topological polar surface area (TPSA) is 98.0 Å². The van der Waals surface area contributed by atoms with Gasteiger partial charge in [0.15, 0.2) is 11.2 Å². The van der Waals surface area contributed by atoms with Crippen LogP contribution in [0.5, 0.6) is 5.75 Å². The van der Waals surface area contributed by atoms with E-state index in [2.05, 4.69) is 25.6 Å². The molecule has 3 aromatic rings. The number of nitrogens with one attached hydrogen (secondary N) is 1. The van der Waals surface area contributed by atoms with Gasteiger partial charge in [-0.3, -0.25) is 0 Å². The van der Waals surface area contributed by atoms with Gasteiger partial charge in [0.25, 0.3) is 0 Å². The summed E-state index contributed by atoms with van der Waals surface area (Å²) in [7, 11) is 0. The first-order chi connectivity index (χ1) is 13.5. The van der Waals surface area contributed by atoms with Crippen LogP contribution >= 0.6 is 0 Å². The zero-order valence-electron chi connectivity index (χ0n) is 16.3. The molecule has 0 amide bonds. The van der Waals surface area contributed by atoms with Crippen molar-refractivity contribution in [1.82, 2.24) is 25.0 Å². The lowest BCUT2D eigenvalue weighted by atomic mass is 10.1. The summed E-state index contributed by atoms with van der Waals surface area (Å²) in [4.78, 5) is 9.00. The molecule has 0 spiro atoms. The molecule has 2 heterocycles. The van der Waals surface area contributed by atoms with Gasteiger partial charge in [-0.05, 0) is 51.0 Å². The average molecular weight is 382 g/mol. The van der Waals surface area contributed by atoms with Crippen LogP contribution in [0.15, 0.2) is 30.5 Å². The van der Waals surface area contributed by atoms with Crippen molar-refractivity contribution >= 4 is 17.1 Å². The van der Waals surface area contributed by atoms with Gasteiger partial charge in [0.05, 0.1) is 24.1 Å². The number of ether oxygens (including phenoxy) is 1. The third-order valence-electron chi connectivity index (χ3n) is 4.94. The zero-order valence-corrected chi connectivity index (χ0v) is 16.3. The van der Waals surface area contributed by atoms with Gasteiger partial charge in [0, 0.05) is 12.5 Å². The third kappa shape index (κ3) is 4.39. The van der Waals surface area contributed by atoms with Gasteiger partial charge >= 0.3 is 0 Å². The van der Waals surface area contributed by atoms with Crippen molar-refractivity contribution in [2.24, 2.45) is 0 Å². The highest BCUT2D eigenvalue weighted by Gasteiger charge is 2.17. The molecule has 8 nitrogen and oxygen atoms in total. The van der Waals surface area contributed by atoms with Crippen LogP contribution < -0.4 is 10.1 Å². The van der Waals surface area contributed by atoms with Crippen LogP contribution in [0.2, 0.25) is 0 Å². The molecule has 1 saturated carbocycles. The first kappa shape index (κ1) is 18.6. The summed E-state index contributed by atoms with van der Waals surface area (Å²) in [5.74, 6) is 1.37. The minimum atomic E-state index is -0.733. The predicted molar refractivity (Wildman–Crippen MR) is 107 cm³/mol. The lowest BCUT2D eigenvalue weighted by molar-refractivity contribution is 0.0553. The van der Waals surface area contributed by atoms with E-state index in [1.54, 1.807) is 24.7 Å². The standard InChI is InChI=1S/C20H26N6O2/c1-20(2,27)11-12-28-16-9-7-15(8-10-16)26-18-17(24-25-26)13-21-19(23-18)22-14-5-3-4-6-14/h7-10,13-14,27H,3-6,11-12H2,1-2H3,(H,21,22,23). The maximum absolute atomic E-state index is 9.76. The van der Waals surface area contributed by atoms with Crippen LogP contribution in [0.4, 0.5) is 5.95 Å². The van der Waals surface area contributed by atoms with E-state index in [9.17, 15) is 5.11 Å². The second-order valence-electron chi connectivity index (χ2n) is 7.93. The first-order valence-corrected chi connectivity index (χ1v) is 9.79. The summed E-state index contributed by atoms with van der Waals surface area (Å²) in [6, 6.07) is 8.04. The Bertz CT molecular complexity index is 926. The Labute approximate surface area is 164 Å². The van der Waals surface area contributed by atoms with E-state index in [0.717, 1.165) is 24.3 Å². The highest BCUT2D eigenvalue weighted by molar-refractivity contribution is 5.72. The molecule has 8 heteroatoms. The molecule has 0 saturated heterocycles. The Morgan fingerprint density at radius 2 is 1.96 bits per heavy atom. The number of rotatable bonds is 7. The van der Waals surface area contributed by atoms with Crippen LogP contribution in [0.25, 0.3) is 16.9 Å². The van der Waals surface area contributed by atoms with Crippen LogP contribution in [0.3, 0.4) is 0 Å². The molecule has 0 bridgehead atoms. The van der Waals surface area contributed by atoms with Gasteiger partial charge in [-0.25, -0.2) is 4.98 Å². The normalized spacial score (nSPS) is 15.2. The average Bonchev–Trinajstić information content (AvgIpc) is 3.31.